The summed E-state index contributed by atoms with van der Waals surface area (Å²) in [7, 11) is 0. The molecule has 1 fully saturated rings. The predicted octanol–water partition coefficient (Wildman–Crippen LogP) is 1.52. The fourth-order valence-electron chi connectivity index (χ4n) is 2.04. The van der Waals surface area contributed by atoms with E-state index in [-0.39, 0.29) is 12.4 Å². The quantitative estimate of drug-likeness (QED) is 0.801. The number of rotatable bonds is 4. The van der Waals surface area contributed by atoms with Gasteiger partial charge in [-0.15, -0.1) is 12.4 Å². The Morgan fingerprint density at radius 2 is 1.80 bits per heavy atom. The molecule has 2 unspecified atom stereocenters. The van der Waals surface area contributed by atoms with Crippen molar-refractivity contribution in [2.75, 3.05) is 26.2 Å². The molecular weight excluding hydrogens is 212 g/mol. The highest BCUT2D eigenvalue weighted by atomic mass is 35.5. The third-order valence-electron chi connectivity index (χ3n) is 2.49. The summed E-state index contributed by atoms with van der Waals surface area (Å²) in [5.74, 6) is 0. The molecule has 4 heteroatoms. The van der Waals surface area contributed by atoms with Crippen molar-refractivity contribution in [1.29, 1.82) is 0 Å². The average Bonchev–Trinajstić information content (AvgIpc) is 2.01. The van der Waals surface area contributed by atoms with Gasteiger partial charge in [-0.3, -0.25) is 4.90 Å². The minimum atomic E-state index is 0. The summed E-state index contributed by atoms with van der Waals surface area (Å²) in [5.41, 5.74) is 0. The lowest BCUT2D eigenvalue weighted by atomic mass is 10.1. The summed E-state index contributed by atoms with van der Waals surface area (Å²) in [6, 6.07) is 1.22. The fourth-order valence-corrected chi connectivity index (χ4v) is 2.04. The molecule has 0 saturated carbocycles. The second-order valence-corrected chi connectivity index (χ2v) is 4.65. The maximum atomic E-state index is 5.55. The third-order valence-corrected chi connectivity index (χ3v) is 2.49. The Kier molecular flexibility index (Phi) is 7.53. The monoisotopic (exact) mass is 236 g/mol. The van der Waals surface area contributed by atoms with Crippen molar-refractivity contribution in [3.05, 3.63) is 0 Å². The maximum Gasteiger partial charge on any atom is 0.0596 e. The lowest BCUT2D eigenvalue weighted by Crippen LogP contribution is -2.54. The topological polar surface area (TPSA) is 24.5 Å². The fraction of sp³-hybridized carbons (Fsp3) is 1.00. The summed E-state index contributed by atoms with van der Waals surface area (Å²) in [6.07, 6.45) is 0.354. The second kappa shape index (κ2) is 7.44. The normalized spacial score (nSPS) is 27.8. The van der Waals surface area contributed by atoms with Crippen LogP contribution in [0.2, 0.25) is 0 Å². The zero-order chi connectivity index (χ0) is 10.6. The van der Waals surface area contributed by atoms with Crippen molar-refractivity contribution in [3.8, 4) is 0 Å². The summed E-state index contributed by atoms with van der Waals surface area (Å²) < 4.78 is 5.55. The van der Waals surface area contributed by atoms with Crippen LogP contribution in [0.25, 0.3) is 0 Å². The molecule has 1 heterocycles. The van der Waals surface area contributed by atoms with Crippen molar-refractivity contribution >= 4 is 12.4 Å². The third kappa shape index (κ3) is 6.36. The van der Waals surface area contributed by atoms with E-state index in [9.17, 15) is 0 Å². The number of piperazine rings is 1. The van der Waals surface area contributed by atoms with Gasteiger partial charge in [0.1, 0.15) is 0 Å². The molecule has 2 atom stereocenters. The molecule has 1 rings (SSSR count). The van der Waals surface area contributed by atoms with Crippen LogP contribution >= 0.6 is 12.4 Å². The van der Waals surface area contributed by atoms with Crippen LogP contribution in [0.5, 0.6) is 0 Å². The average molecular weight is 237 g/mol. The lowest BCUT2D eigenvalue weighted by Gasteiger charge is -2.36. The molecule has 3 nitrogen and oxygen atoms in total. The molecule has 0 radical (unpaired) electrons. The van der Waals surface area contributed by atoms with Crippen LogP contribution in [0.15, 0.2) is 0 Å². The van der Waals surface area contributed by atoms with Gasteiger partial charge in [-0.2, -0.15) is 0 Å². The van der Waals surface area contributed by atoms with Crippen molar-refractivity contribution in [3.63, 3.8) is 0 Å². The van der Waals surface area contributed by atoms with Crippen LogP contribution in [0.3, 0.4) is 0 Å². The molecular formula is C11H25ClN2O. The van der Waals surface area contributed by atoms with Crippen molar-refractivity contribution < 1.29 is 4.74 Å². The number of hydrogen-bond donors (Lipinski definition) is 1. The van der Waals surface area contributed by atoms with E-state index in [0.29, 0.717) is 18.2 Å². The number of halogens is 1. The highest BCUT2D eigenvalue weighted by Gasteiger charge is 2.20. The first-order valence-corrected chi connectivity index (χ1v) is 5.68. The molecule has 0 amide bonds. The second-order valence-electron chi connectivity index (χ2n) is 4.65. The van der Waals surface area contributed by atoms with Crippen molar-refractivity contribution in [2.45, 2.75) is 45.9 Å². The molecule has 1 N–H and O–H groups in total. The number of ether oxygens (including phenoxy) is 1. The number of hydrogen-bond acceptors (Lipinski definition) is 3. The van der Waals surface area contributed by atoms with Gasteiger partial charge < -0.3 is 10.1 Å². The Morgan fingerprint density at radius 3 is 2.27 bits per heavy atom. The maximum absolute atomic E-state index is 5.55. The summed E-state index contributed by atoms with van der Waals surface area (Å²) >= 11 is 0. The first-order valence-electron chi connectivity index (χ1n) is 5.68. The Bertz CT molecular complexity index is 157. The Labute approximate surface area is 100.0 Å². The van der Waals surface area contributed by atoms with E-state index < -0.39 is 0 Å². The van der Waals surface area contributed by atoms with Crippen LogP contribution in [-0.2, 0) is 4.74 Å². The zero-order valence-electron chi connectivity index (χ0n) is 10.3. The van der Waals surface area contributed by atoms with Crippen molar-refractivity contribution in [2.24, 2.45) is 0 Å². The van der Waals surface area contributed by atoms with Crippen LogP contribution < -0.4 is 5.32 Å². The van der Waals surface area contributed by atoms with Crippen LogP contribution in [0.4, 0.5) is 0 Å². The van der Waals surface area contributed by atoms with Gasteiger partial charge in [0.05, 0.1) is 12.7 Å². The largest absolute Gasteiger partial charge is 0.377 e. The van der Waals surface area contributed by atoms with Gasteiger partial charge in [-0.25, -0.2) is 0 Å². The molecule has 1 aliphatic heterocycles. The zero-order valence-corrected chi connectivity index (χ0v) is 11.1. The highest BCUT2D eigenvalue weighted by molar-refractivity contribution is 5.85. The minimum absolute atomic E-state index is 0. The summed E-state index contributed by atoms with van der Waals surface area (Å²) in [5, 5.41) is 3.53. The summed E-state index contributed by atoms with van der Waals surface area (Å²) in [6.45, 7) is 12.9. The van der Waals surface area contributed by atoms with E-state index in [2.05, 4.69) is 37.9 Å². The van der Waals surface area contributed by atoms with Crippen LogP contribution in [0.1, 0.15) is 27.7 Å². The molecule has 1 aliphatic rings. The Morgan fingerprint density at radius 1 is 1.27 bits per heavy atom. The van der Waals surface area contributed by atoms with Gasteiger partial charge in [0, 0.05) is 31.7 Å². The molecule has 92 valence electrons. The Hall–Kier alpha value is 0.170. The highest BCUT2D eigenvalue weighted by Crippen LogP contribution is 2.03. The van der Waals surface area contributed by atoms with Crippen molar-refractivity contribution in [1.82, 2.24) is 10.2 Å². The molecule has 0 aromatic heterocycles. The van der Waals surface area contributed by atoms with Gasteiger partial charge in [-0.05, 0) is 27.7 Å². The molecule has 0 bridgehead atoms. The van der Waals surface area contributed by atoms with E-state index in [0.717, 1.165) is 26.2 Å². The lowest BCUT2D eigenvalue weighted by molar-refractivity contribution is 0.0490. The van der Waals surface area contributed by atoms with E-state index in [1.54, 1.807) is 0 Å². The van der Waals surface area contributed by atoms with E-state index in [1.165, 1.54) is 0 Å². The van der Waals surface area contributed by atoms with Crippen LogP contribution in [-0.4, -0.2) is 49.3 Å². The van der Waals surface area contributed by atoms with E-state index in [1.807, 2.05) is 0 Å². The van der Waals surface area contributed by atoms with Gasteiger partial charge in [0.2, 0.25) is 0 Å². The van der Waals surface area contributed by atoms with Gasteiger partial charge in [0.25, 0.3) is 0 Å². The predicted molar refractivity (Wildman–Crippen MR) is 66.8 cm³/mol. The molecule has 0 spiro atoms. The SMILES string of the molecule is CC1CN(CCOC(C)C)CC(C)N1.Cl. The minimum Gasteiger partial charge on any atom is -0.377 e. The summed E-state index contributed by atoms with van der Waals surface area (Å²) in [4.78, 5) is 2.48. The van der Waals surface area contributed by atoms with Crippen LogP contribution in [0, 0.1) is 0 Å². The van der Waals surface area contributed by atoms with E-state index in [4.69, 9.17) is 4.74 Å². The number of nitrogens with zero attached hydrogens (tertiary/aromatic N) is 1. The molecule has 0 aliphatic carbocycles. The standard InChI is InChI=1S/C11H24N2O.ClH/c1-9(2)14-6-5-13-7-10(3)12-11(4)8-13;/h9-12H,5-8H2,1-4H3;1H. The first-order chi connectivity index (χ1) is 6.58. The molecule has 0 aromatic carbocycles. The first kappa shape index (κ1) is 15.2. The van der Waals surface area contributed by atoms with E-state index >= 15 is 0 Å². The Balaban J connectivity index is 0.00000196. The van der Waals surface area contributed by atoms with Gasteiger partial charge in [0.15, 0.2) is 0 Å². The van der Waals surface area contributed by atoms with Gasteiger partial charge >= 0.3 is 0 Å². The molecule has 15 heavy (non-hydrogen) atoms. The molecule has 0 aromatic rings. The number of nitrogens with one attached hydrogen (secondary N) is 1. The smallest absolute Gasteiger partial charge is 0.0596 e. The molecule has 1 saturated heterocycles. The van der Waals surface area contributed by atoms with Gasteiger partial charge in [-0.1, -0.05) is 0 Å².